The molecule has 0 aliphatic carbocycles. The van der Waals surface area contributed by atoms with Crippen LogP contribution in [0.4, 0.5) is 5.82 Å². The second-order valence-electron chi connectivity index (χ2n) is 5.31. The fourth-order valence-electron chi connectivity index (χ4n) is 2.31. The molecule has 0 saturated carbocycles. The summed E-state index contributed by atoms with van der Waals surface area (Å²) >= 11 is 11.5. The van der Waals surface area contributed by atoms with E-state index in [0.29, 0.717) is 5.82 Å². The van der Waals surface area contributed by atoms with Gasteiger partial charge in [-0.1, -0.05) is 25.4 Å². The van der Waals surface area contributed by atoms with Crippen LogP contribution in [0.25, 0.3) is 0 Å². The molecule has 104 valence electrons. The Balaban J connectivity index is 2.12. The highest BCUT2D eigenvalue weighted by Gasteiger charge is 2.37. The predicted molar refractivity (Wildman–Crippen MR) is 75.5 cm³/mol. The number of aromatic nitrogens is 2. The SMILES string of the molecule is CC1(C)CCCNC1C(=O)Nc1cc(Cl)nc(Cl)n1. The Bertz CT molecular complexity index is 472. The van der Waals surface area contributed by atoms with E-state index in [9.17, 15) is 4.79 Å². The quantitative estimate of drug-likeness (QED) is 0.651. The van der Waals surface area contributed by atoms with Crippen LogP contribution < -0.4 is 10.6 Å². The minimum absolute atomic E-state index is 0.0127. The van der Waals surface area contributed by atoms with E-state index < -0.39 is 0 Å². The van der Waals surface area contributed by atoms with Gasteiger partial charge in [-0.25, -0.2) is 9.97 Å². The molecule has 0 aromatic carbocycles. The lowest BCUT2D eigenvalue weighted by atomic mass is 9.77. The van der Waals surface area contributed by atoms with E-state index in [4.69, 9.17) is 23.2 Å². The Morgan fingerprint density at radius 2 is 2.21 bits per heavy atom. The number of nitrogens with one attached hydrogen (secondary N) is 2. The number of carbonyl (C=O) groups is 1. The fraction of sp³-hybridized carbons (Fsp3) is 0.583. The zero-order chi connectivity index (χ0) is 14.0. The molecule has 1 aromatic rings. The van der Waals surface area contributed by atoms with Crippen molar-refractivity contribution in [2.75, 3.05) is 11.9 Å². The molecule has 1 atom stereocenters. The highest BCUT2D eigenvalue weighted by Crippen LogP contribution is 2.30. The van der Waals surface area contributed by atoms with Crippen LogP contribution in [-0.2, 0) is 4.79 Å². The highest BCUT2D eigenvalue weighted by molar-refractivity contribution is 6.32. The van der Waals surface area contributed by atoms with Gasteiger partial charge < -0.3 is 10.6 Å². The van der Waals surface area contributed by atoms with Crippen molar-refractivity contribution in [1.29, 1.82) is 0 Å². The Hall–Kier alpha value is -0.910. The van der Waals surface area contributed by atoms with Crippen molar-refractivity contribution in [3.05, 3.63) is 16.5 Å². The van der Waals surface area contributed by atoms with E-state index in [2.05, 4.69) is 34.4 Å². The lowest BCUT2D eigenvalue weighted by Crippen LogP contribution is -2.53. The number of hydrogen-bond acceptors (Lipinski definition) is 4. The molecule has 1 aliphatic rings. The standard InChI is InChI=1S/C12H16Cl2N4O/c1-12(2)4-3-5-15-9(12)10(19)17-8-6-7(13)16-11(14)18-8/h6,9,15H,3-5H2,1-2H3,(H,16,17,18,19). The molecular formula is C12H16Cl2N4O. The van der Waals surface area contributed by atoms with E-state index >= 15 is 0 Å². The molecule has 2 rings (SSSR count). The molecule has 2 N–H and O–H groups in total. The largest absolute Gasteiger partial charge is 0.309 e. The van der Waals surface area contributed by atoms with Gasteiger partial charge in [0, 0.05) is 6.07 Å². The Kier molecular flexibility index (Phi) is 4.28. The van der Waals surface area contributed by atoms with E-state index in [1.807, 2.05) is 0 Å². The summed E-state index contributed by atoms with van der Waals surface area (Å²) in [6, 6.07) is 1.22. The average Bonchev–Trinajstić information content (AvgIpc) is 2.26. The van der Waals surface area contributed by atoms with E-state index in [-0.39, 0.29) is 27.8 Å². The third kappa shape index (κ3) is 3.55. The molecule has 1 amide bonds. The number of anilines is 1. The maximum absolute atomic E-state index is 12.3. The first-order valence-corrected chi connectivity index (χ1v) is 6.88. The number of rotatable bonds is 2. The summed E-state index contributed by atoms with van der Waals surface area (Å²) in [4.78, 5) is 19.9. The smallest absolute Gasteiger partial charge is 0.243 e. The number of halogens is 2. The van der Waals surface area contributed by atoms with Crippen LogP contribution in [0.3, 0.4) is 0 Å². The molecule has 1 aliphatic heterocycles. The highest BCUT2D eigenvalue weighted by atomic mass is 35.5. The zero-order valence-corrected chi connectivity index (χ0v) is 12.3. The molecule has 1 saturated heterocycles. The van der Waals surface area contributed by atoms with Crippen LogP contribution in [0.15, 0.2) is 6.07 Å². The maximum atomic E-state index is 12.3. The number of piperidine rings is 1. The van der Waals surface area contributed by atoms with Gasteiger partial charge in [-0.2, -0.15) is 0 Å². The lowest BCUT2D eigenvalue weighted by molar-refractivity contribution is -0.121. The third-order valence-corrected chi connectivity index (χ3v) is 3.67. The Morgan fingerprint density at radius 1 is 1.47 bits per heavy atom. The summed E-state index contributed by atoms with van der Waals surface area (Å²) in [5.74, 6) is 0.189. The van der Waals surface area contributed by atoms with Crippen molar-refractivity contribution in [3.63, 3.8) is 0 Å². The molecular weight excluding hydrogens is 287 g/mol. The van der Waals surface area contributed by atoms with Crippen LogP contribution >= 0.6 is 23.2 Å². The maximum Gasteiger partial charge on any atom is 0.243 e. The zero-order valence-electron chi connectivity index (χ0n) is 10.8. The minimum atomic E-state index is -0.256. The second-order valence-corrected chi connectivity index (χ2v) is 6.04. The lowest BCUT2D eigenvalue weighted by Gasteiger charge is -2.38. The summed E-state index contributed by atoms with van der Waals surface area (Å²) in [6.45, 7) is 4.99. The van der Waals surface area contributed by atoms with Crippen LogP contribution in [0, 0.1) is 5.41 Å². The van der Waals surface area contributed by atoms with Gasteiger partial charge in [0.15, 0.2) is 0 Å². The van der Waals surface area contributed by atoms with Gasteiger partial charge >= 0.3 is 0 Å². The molecule has 1 fully saturated rings. The fourth-order valence-corrected chi connectivity index (χ4v) is 2.72. The number of nitrogens with zero attached hydrogens (tertiary/aromatic N) is 2. The summed E-state index contributed by atoms with van der Waals surface area (Å²) in [6.07, 6.45) is 2.07. The molecule has 0 radical (unpaired) electrons. The summed E-state index contributed by atoms with van der Waals surface area (Å²) in [5, 5.41) is 6.18. The van der Waals surface area contributed by atoms with E-state index in [1.54, 1.807) is 0 Å². The minimum Gasteiger partial charge on any atom is -0.309 e. The average molecular weight is 303 g/mol. The van der Waals surface area contributed by atoms with Crippen molar-refractivity contribution < 1.29 is 4.79 Å². The van der Waals surface area contributed by atoms with Gasteiger partial charge in [-0.05, 0) is 36.4 Å². The van der Waals surface area contributed by atoms with Crippen molar-refractivity contribution >= 4 is 34.9 Å². The van der Waals surface area contributed by atoms with E-state index in [0.717, 1.165) is 19.4 Å². The monoisotopic (exact) mass is 302 g/mol. The van der Waals surface area contributed by atoms with Crippen LogP contribution in [0.2, 0.25) is 10.4 Å². The van der Waals surface area contributed by atoms with Crippen LogP contribution in [0.1, 0.15) is 26.7 Å². The molecule has 1 unspecified atom stereocenters. The summed E-state index contributed by atoms with van der Waals surface area (Å²) < 4.78 is 0. The van der Waals surface area contributed by atoms with Crippen molar-refractivity contribution in [3.8, 4) is 0 Å². The van der Waals surface area contributed by atoms with Gasteiger partial charge in [0.25, 0.3) is 0 Å². The van der Waals surface area contributed by atoms with Crippen LogP contribution in [0.5, 0.6) is 0 Å². The molecule has 1 aromatic heterocycles. The van der Waals surface area contributed by atoms with Crippen molar-refractivity contribution in [2.45, 2.75) is 32.7 Å². The molecule has 0 bridgehead atoms. The van der Waals surface area contributed by atoms with Crippen molar-refractivity contribution in [1.82, 2.24) is 15.3 Å². The van der Waals surface area contributed by atoms with Gasteiger partial charge in [-0.3, -0.25) is 4.79 Å². The third-order valence-electron chi connectivity index (χ3n) is 3.31. The summed E-state index contributed by atoms with van der Waals surface area (Å²) in [7, 11) is 0. The number of hydrogen-bond donors (Lipinski definition) is 2. The van der Waals surface area contributed by atoms with E-state index in [1.165, 1.54) is 6.07 Å². The van der Waals surface area contributed by atoms with Gasteiger partial charge in [-0.15, -0.1) is 0 Å². The normalized spacial score (nSPS) is 22.0. The Morgan fingerprint density at radius 3 is 2.84 bits per heavy atom. The first-order valence-electron chi connectivity index (χ1n) is 6.13. The van der Waals surface area contributed by atoms with Crippen molar-refractivity contribution in [2.24, 2.45) is 5.41 Å². The summed E-state index contributed by atoms with van der Waals surface area (Å²) in [5.41, 5.74) is -0.0943. The first kappa shape index (κ1) is 14.5. The first-order chi connectivity index (χ1) is 8.88. The van der Waals surface area contributed by atoms with Gasteiger partial charge in [0.05, 0.1) is 6.04 Å². The molecule has 7 heteroatoms. The Labute approximate surface area is 122 Å². The number of carbonyl (C=O) groups excluding carboxylic acids is 1. The van der Waals surface area contributed by atoms with Gasteiger partial charge in [0.2, 0.25) is 11.2 Å². The topological polar surface area (TPSA) is 66.9 Å². The van der Waals surface area contributed by atoms with Gasteiger partial charge in [0.1, 0.15) is 11.0 Å². The predicted octanol–water partition coefficient (Wildman–Crippen LogP) is 2.50. The molecule has 2 heterocycles. The molecule has 5 nitrogen and oxygen atoms in total. The molecule has 19 heavy (non-hydrogen) atoms. The number of amides is 1. The molecule has 0 spiro atoms. The van der Waals surface area contributed by atoms with Crippen LogP contribution in [-0.4, -0.2) is 28.5 Å². The second kappa shape index (κ2) is 5.61.